The molecule has 5 nitrogen and oxygen atoms in total. The smallest absolute Gasteiger partial charge is 0.224 e. The Balaban J connectivity index is 1.38. The molecule has 0 bridgehead atoms. The second-order valence-corrected chi connectivity index (χ2v) is 8.34. The van der Waals surface area contributed by atoms with E-state index in [2.05, 4.69) is 39.2 Å². The van der Waals surface area contributed by atoms with Gasteiger partial charge in [0, 0.05) is 43.3 Å². The van der Waals surface area contributed by atoms with E-state index < -0.39 is 0 Å². The van der Waals surface area contributed by atoms with E-state index in [0.717, 1.165) is 18.7 Å². The Morgan fingerprint density at radius 1 is 1.18 bits per heavy atom. The third-order valence-corrected chi connectivity index (χ3v) is 6.55. The number of rotatable bonds is 7. The van der Waals surface area contributed by atoms with Crippen molar-refractivity contribution >= 4 is 16.8 Å². The van der Waals surface area contributed by atoms with Crippen molar-refractivity contribution < 1.29 is 9.53 Å². The molecule has 2 aliphatic heterocycles. The van der Waals surface area contributed by atoms with Crippen LogP contribution in [0, 0.1) is 5.92 Å². The fourth-order valence-electron chi connectivity index (χ4n) is 5.13. The highest BCUT2D eigenvalue weighted by Crippen LogP contribution is 2.30. The Hall–Kier alpha value is -1.85. The lowest BCUT2D eigenvalue weighted by atomic mass is 9.83. The molecule has 1 amide bonds. The Bertz CT molecular complexity index is 798. The second-order valence-electron chi connectivity index (χ2n) is 8.34. The molecule has 1 aromatic heterocycles. The van der Waals surface area contributed by atoms with Gasteiger partial charge in [-0.05, 0) is 56.3 Å². The van der Waals surface area contributed by atoms with Gasteiger partial charge >= 0.3 is 0 Å². The third kappa shape index (κ3) is 4.26. The SMILES string of the molecule is COCCn1cc(CC(=O)NC[C@H]2CCCN3CCCC[C@H]23)c2ccccc21. The standard InChI is InChI=1S/C23H33N3O2/c1-28-14-13-26-17-19(20-8-2-3-10-22(20)26)15-23(27)24-16-18-7-6-12-25-11-5-4-9-21(18)25/h2-3,8,10,17-18,21H,4-7,9,11-16H2,1H3,(H,24,27)/t18-,21-/m1/s1. The van der Waals surface area contributed by atoms with Crippen LogP contribution in [0.4, 0.5) is 0 Å². The Kier molecular flexibility index (Phi) is 6.33. The molecule has 1 N–H and O–H groups in total. The summed E-state index contributed by atoms with van der Waals surface area (Å²) in [6, 6.07) is 9.01. The molecule has 2 fully saturated rings. The lowest BCUT2D eigenvalue weighted by molar-refractivity contribution is -0.120. The molecule has 0 aliphatic carbocycles. The second kappa shape index (κ2) is 9.10. The fourth-order valence-corrected chi connectivity index (χ4v) is 5.13. The molecule has 4 rings (SSSR count). The van der Waals surface area contributed by atoms with Gasteiger partial charge in [-0.3, -0.25) is 4.79 Å². The van der Waals surface area contributed by atoms with Crippen molar-refractivity contribution in [2.75, 3.05) is 33.4 Å². The molecule has 0 unspecified atom stereocenters. The summed E-state index contributed by atoms with van der Waals surface area (Å²) in [7, 11) is 1.72. The number of benzene rings is 1. The average molecular weight is 384 g/mol. The van der Waals surface area contributed by atoms with Gasteiger partial charge in [-0.25, -0.2) is 0 Å². The fraction of sp³-hybridized carbons (Fsp3) is 0.609. The number of methoxy groups -OCH3 is 1. The number of carbonyl (C=O) groups excluding carboxylic acids is 1. The summed E-state index contributed by atoms with van der Waals surface area (Å²) in [6.45, 7) is 4.79. The first-order chi connectivity index (χ1) is 13.8. The highest BCUT2D eigenvalue weighted by Gasteiger charge is 2.32. The van der Waals surface area contributed by atoms with Crippen LogP contribution >= 0.6 is 0 Å². The van der Waals surface area contributed by atoms with Crippen LogP contribution in [-0.2, 0) is 22.5 Å². The van der Waals surface area contributed by atoms with E-state index in [4.69, 9.17) is 4.74 Å². The minimum atomic E-state index is 0.141. The number of nitrogens with one attached hydrogen (secondary N) is 1. The molecule has 0 saturated carbocycles. The first-order valence-electron chi connectivity index (χ1n) is 10.8. The zero-order chi connectivity index (χ0) is 19.3. The number of aromatic nitrogens is 1. The highest BCUT2D eigenvalue weighted by atomic mass is 16.5. The van der Waals surface area contributed by atoms with Crippen LogP contribution in [0.2, 0.25) is 0 Å². The van der Waals surface area contributed by atoms with Gasteiger partial charge < -0.3 is 19.5 Å². The van der Waals surface area contributed by atoms with Gasteiger partial charge in [0.15, 0.2) is 0 Å². The van der Waals surface area contributed by atoms with Gasteiger partial charge in [-0.15, -0.1) is 0 Å². The highest BCUT2D eigenvalue weighted by molar-refractivity contribution is 5.89. The Morgan fingerprint density at radius 3 is 2.93 bits per heavy atom. The summed E-state index contributed by atoms with van der Waals surface area (Å²) in [5.74, 6) is 0.753. The number of piperidine rings is 2. The van der Waals surface area contributed by atoms with Crippen LogP contribution in [0.1, 0.15) is 37.7 Å². The first kappa shape index (κ1) is 19.5. The Morgan fingerprint density at radius 2 is 2.04 bits per heavy atom. The first-order valence-corrected chi connectivity index (χ1v) is 10.8. The topological polar surface area (TPSA) is 46.5 Å². The monoisotopic (exact) mass is 383 g/mol. The van der Waals surface area contributed by atoms with Gasteiger partial charge in [0.25, 0.3) is 0 Å². The molecule has 28 heavy (non-hydrogen) atoms. The van der Waals surface area contributed by atoms with Crippen molar-refractivity contribution in [3.63, 3.8) is 0 Å². The molecular weight excluding hydrogens is 350 g/mol. The van der Waals surface area contributed by atoms with Crippen LogP contribution in [0.15, 0.2) is 30.5 Å². The van der Waals surface area contributed by atoms with E-state index in [1.165, 1.54) is 56.1 Å². The van der Waals surface area contributed by atoms with Crippen molar-refractivity contribution in [3.05, 3.63) is 36.0 Å². The molecule has 2 aromatic rings. The zero-order valence-corrected chi connectivity index (χ0v) is 17.0. The number of nitrogens with zero attached hydrogens (tertiary/aromatic N) is 2. The molecule has 0 radical (unpaired) electrons. The van der Waals surface area contributed by atoms with Gasteiger partial charge in [0.05, 0.1) is 13.0 Å². The molecule has 2 aliphatic rings. The number of hydrogen-bond acceptors (Lipinski definition) is 3. The summed E-state index contributed by atoms with van der Waals surface area (Å²) in [4.78, 5) is 15.4. The number of fused-ring (bicyclic) bond motifs is 2. The van der Waals surface area contributed by atoms with Gasteiger partial charge in [-0.1, -0.05) is 24.6 Å². The molecule has 5 heteroatoms. The van der Waals surface area contributed by atoms with Crippen molar-refractivity contribution in [3.8, 4) is 0 Å². The van der Waals surface area contributed by atoms with E-state index in [9.17, 15) is 4.79 Å². The third-order valence-electron chi connectivity index (χ3n) is 6.55. The largest absolute Gasteiger partial charge is 0.383 e. The van der Waals surface area contributed by atoms with Crippen molar-refractivity contribution in [1.29, 1.82) is 0 Å². The summed E-state index contributed by atoms with van der Waals surface area (Å²) in [6.07, 6.45) is 9.05. The predicted molar refractivity (Wildman–Crippen MR) is 112 cm³/mol. The van der Waals surface area contributed by atoms with Crippen molar-refractivity contribution in [1.82, 2.24) is 14.8 Å². The molecule has 3 heterocycles. The normalized spacial score (nSPS) is 22.9. The van der Waals surface area contributed by atoms with Crippen LogP contribution in [0.25, 0.3) is 10.9 Å². The van der Waals surface area contributed by atoms with Crippen LogP contribution < -0.4 is 5.32 Å². The van der Waals surface area contributed by atoms with E-state index in [1.807, 2.05) is 6.07 Å². The van der Waals surface area contributed by atoms with Gasteiger partial charge in [0.2, 0.25) is 5.91 Å². The quantitative estimate of drug-likeness (QED) is 0.799. The molecule has 1 aromatic carbocycles. The number of para-hydroxylation sites is 1. The summed E-state index contributed by atoms with van der Waals surface area (Å²) < 4.78 is 7.43. The minimum Gasteiger partial charge on any atom is -0.383 e. The summed E-state index contributed by atoms with van der Waals surface area (Å²) in [5, 5.41) is 4.42. The predicted octanol–water partition coefficient (Wildman–Crippen LogP) is 3.21. The van der Waals surface area contributed by atoms with Crippen molar-refractivity contribution in [2.45, 2.75) is 51.1 Å². The maximum atomic E-state index is 12.7. The van der Waals surface area contributed by atoms with E-state index in [1.54, 1.807) is 7.11 Å². The van der Waals surface area contributed by atoms with E-state index >= 15 is 0 Å². The number of ether oxygens (including phenoxy) is 1. The molecule has 2 atom stereocenters. The average Bonchev–Trinajstić information content (AvgIpc) is 3.08. The summed E-state index contributed by atoms with van der Waals surface area (Å²) >= 11 is 0. The molecule has 2 saturated heterocycles. The van der Waals surface area contributed by atoms with Gasteiger partial charge in [0.1, 0.15) is 0 Å². The summed E-state index contributed by atoms with van der Waals surface area (Å²) in [5.41, 5.74) is 2.28. The van der Waals surface area contributed by atoms with Gasteiger partial charge in [-0.2, -0.15) is 0 Å². The maximum Gasteiger partial charge on any atom is 0.224 e. The maximum absolute atomic E-state index is 12.7. The van der Waals surface area contributed by atoms with Crippen LogP contribution in [0.5, 0.6) is 0 Å². The lowest BCUT2D eigenvalue weighted by Crippen LogP contribution is -2.51. The lowest BCUT2D eigenvalue weighted by Gasteiger charge is -2.44. The molecular formula is C23H33N3O2. The number of amides is 1. The molecule has 152 valence electrons. The molecule has 0 spiro atoms. The number of hydrogen-bond donors (Lipinski definition) is 1. The Labute approximate surface area is 168 Å². The van der Waals surface area contributed by atoms with Crippen molar-refractivity contribution in [2.24, 2.45) is 5.92 Å². The van der Waals surface area contributed by atoms with Crippen LogP contribution in [0.3, 0.4) is 0 Å². The van der Waals surface area contributed by atoms with Crippen LogP contribution in [-0.4, -0.2) is 54.8 Å². The van der Waals surface area contributed by atoms with E-state index in [0.29, 0.717) is 25.0 Å². The zero-order valence-electron chi connectivity index (χ0n) is 17.0. The number of carbonyl (C=O) groups is 1. The minimum absolute atomic E-state index is 0.141. The van der Waals surface area contributed by atoms with E-state index in [-0.39, 0.29) is 5.91 Å².